The van der Waals surface area contributed by atoms with Crippen molar-refractivity contribution in [3.63, 3.8) is 0 Å². The molecule has 2 N–H and O–H groups in total. The lowest BCUT2D eigenvalue weighted by molar-refractivity contribution is -0.147. The van der Waals surface area contributed by atoms with Gasteiger partial charge in [-0.15, -0.1) is 0 Å². The van der Waals surface area contributed by atoms with E-state index >= 15 is 0 Å². The third-order valence-electron chi connectivity index (χ3n) is 3.72. The Hall–Kier alpha value is -1.14. The van der Waals surface area contributed by atoms with E-state index in [9.17, 15) is 9.59 Å². The van der Waals surface area contributed by atoms with Crippen molar-refractivity contribution in [3.8, 4) is 0 Å². The molecule has 2 atom stereocenters. The second kappa shape index (κ2) is 8.92. The number of amides is 1. The first-order valence-electron chi connectivity index (χ1n) is 7.28. The third kappa shape index (κ3) is 5.46. The number of carbonyl (C=O) groups is 2. The molecule has 1 heterocycles. The smallest absolute Gasteiger partial charge is 0.328 e. The maximum absolute atomic E-state index is 11.9. The molecule has 0 saturated carbocycles. The lowest BCUT2D eigenvalue weighted by Gasteiger charge is -2.24. The highest BCUT2D eigenvalue weighted by Crippen LogP contribution is 2.10. The number of nitrogens with one attached hydrogen (secondary N) is 2. The molecule has 0 radical (unpaired) electrons. The van der Waals surface area contributed by atoms with Gasteiger partial charge in [0.2, 0.25) is 5.91 Å². The molecular weight excluding hydrogens is 260 g/mol. The summed E-state index contributed by atoms with van der Waals surface area (Å²) < 4.78 is 10.3. The molecule has 20 heavy (non-hydrogen) atoms. The van der Waals surface area contributed by atoms with Gasteiger partial charge in [-0.2, -0.15) is 0 Å². The number of rotatable bonds is 7. The van der Waals surface area contributed by atoms with E-state index < -0.39 is 12.0 Å². The molecular formula is C14H26N2O4. The standard InChI is InChI=1S/C14H26N2O4/c1-4-10(2)13(14(18)19-3)16-12(17)9-20-11-5-7-15-8-6-11/h10-11,13,15H,4-9H2,1-3H3,(H,16,17). The molecule has 6 nitrogen and oxygen atoms in total. The zero-order valence-corrected chi connectivity index (χ0v) is 12.6. The van der Waals surface area contributed by atoms with Crippen molar-refractivity contribution in [2.45, 2.75) is 45.3 Å². The molecule has 1 fully saturated rings. The van der Waals surface area contributed by atoms with Gasteiger partial charge < -0.3 is 20.1 Å². The summed E-state index contributed by atoms with van der Waals surface area (Å²) in [5, 5.41) is 5.94. The van der Waals surface area contributed by atoms with Gasteiger partial charge in [0.15, 0.2) is 0 Å². The minimum Gasteiger partial charge on any atom is -0.467 e. The summed E-state index contributed by atoms with van der Waals surface area (Å²) in [7, 11) is 1.33. The molecule has 0 bridgehead atoms. The van der Waals surface area contributed by atoms with Crippen LogP contribution in [0.1, 0.15) is 33.1 Å². The zero-order chi connectivity index (χ0) is 15.0. The fourth-order valence-corrected chi connectivity index (χ4v) is 2.17. The van der Waals surface area contributed by atoms with Gasteiger partial charge in [-0.3, -0.25) is 4.79 Å². The Bertz CT molecular complexity index is 316. The predicted molar refractivity (Wildman–Crippen MR) is 75.2 cm³/mol. The van der Waals surface area contributed by atoms with Crippen LogP contribution in [-0.4, -0.2) is 50.8 Å². The minimum atomic E-state index is -0.603. The average molecular weight is 286 g/mol. The minimum absolute atomic E-state index is 0.00536. The topological polar surface area (TPSA) is 76.7 Å². The highest BCUT2D eigenvalue weighted by atomic mass is 16.5. The summed E-state index contributed by atoms with van der Waals surface area (Å²) in [4.78, 5) is 23.5. The van der Waals surface area contributed by atoms with E-state index in [0.717, 1.165) is 32.4 Å². The molecule has 1 amide bonds. The van der Waals surface area contributed by atoms with Crippen LogP contribution >= 0.6 is 0 Å². The first-order valence-corrected chi connectivity index (χ1v) is 7.28. The van der Waals surface area contributed by atoms with Gasteiger partial charge in [-0.25, -0.2) is 4.79 Å². The Balaban J connectivity index is 2.38. The number of ether oxygens (including phenoxy) is 2. The highest BCUT2D eigenvalue weighted by molar-refractivity contribution is 5.85. The first-order chi connectivity index (χ1) is 9.58. The molecule has 1 aliphatic rings. The van der Waals surface area contributed by atoms with E-state index in [1.54, 1.807) is 0 Å². The summed E-state index contributed by atoms with van der Waals surface area (Å²) in [6.07, 6.45) is 2.75. The molecule has 0 spiro atoms. The maximum Gasteiger partial charge on any atom is 0.328 e. The van der Waals surface area contributed by atoms with Crippen LogP contribution in [0.15, 0.2) is 0 Å². The van der Waals surface area contributed by atoms with Gasteiger partial charge >= 0.3 is 5.97 Å². The lowest BCUT2D eigenvalue weighted by Crippen LogP contribution is -2.47. The fraction of sp³-hybridized carbons (Fsp3) is 0.857. The normalized spacial score (nSPS) is 19.1. The van der Waals surface area contributed by atoms with E-state index in [4.69, 9.17) is 9.47 Å². The molecule has 1 rings (SSSR count). The van der Waals surface area contributed by atoms with Crippen LogP contribution in [0.4, 0.5) is 0 Å². The van der Waals surface area contributed by atoms with Gasteiger partial charge in [0.25, 0.3) is 0 Å². The van der Waals surface area contributed by atoms with Crippen LogP contribution in [0, 0.1) is 5.92 Å². The Morgan fingerprint density at radius 2 is 2.00 bits per heavy atom. The molecule has 0 aromatic carbocycles. The number of carbonyl (C=O) groups excluding carboxylic acids is 2. The lowest BCUT2D eigenvalue weighted by atomic mass is 9.99. The van der Waals surface area contributed by atoms with Crippen LogP contribution in [0.3, 0.4) is 0 Å². The van der Waals surface area contributed by atoms with Crippen molar-refractivity contribution < 1.29 is 19.1 Å². The maximum atomic E-state index is 11.9. The molecule has 1 aliphatic heterocycles. The van der Waals surface area contributed by atoms with E-state index in [1.165, 1.54) is 7.11 Å². The van der Waals surface area contributed by atoms with Crippen molar-refractivity contribution in [3.05, 3.63) is 0 Å². The van der Waals surface area contributed by atoms with Crippen LogP contribution in [0.5, 0.6) is 0 Å². The summed E-state index contributed by atoms with van der Waals surface area (Å²) in [5.41, 5.74) is 0. The van der Waals surface area contributed by atoms with Crippen LogP contribution in [0.2, 0.25) is 0 Å². The van der Waals surface area contributed by atoms with Gasteiger partial charge in [-0.1, -0.05) is 20.3 Å². The number of hydrogen-bond donors (Lipinski definition) is 2. The van der Waals surface area contributed by atoms with Gasteiger partial charge in [0.05, 0.1) is 13.2 Å². The average Bonchev–Trinajstić information content (AvgIpc) is 2.50. The second-order valence-corrected chi connectivity index (χ2v) is 5.21. The van der Waals surface area contributed by atoms with Crippen LogP contribution in [0.25, 0.3) is 0 Å². The summed E-state index contributed by atoms with van der Waals surface area (Å²) in [6, 6.07) is -0.603. The molecule has 0 aromatic rings. The van der Waals surface area contributed by atoms with Crippen LogP contribution < -0.4 is 10.6 Å². The summed E-state index contributed by atoms with van der Waals surface area (Å²) in [6.45, 7) is 5.72. The van der Waals surface area contributed by atoms with E-state index in [-0.39, 0.29) is 24.5 Å². The Morgan fingerprint density at radius 3 is 2.55 bits per heavy atom. The molecule has 0 aliphatic carbocycles. The Labute approximate surface area is 120 Å². The highest BCUT2D eigenvalue weighted by Gasteiger charge is 2.27. The number of esters is 1. The van der Waals surface area contributed by atoms with Crippen molar-refractivity contribution >= 4 is 11.9 Å². The SMILES string of the molecule is CCC(C)C(NC(=O)COC1CCNCC1)C(=O)OC. The second-order valence-electron chi connectivity index (χ2n) is 5.21. The molecule has 0 aromatic heterocycles. The van der Waals surface area contributed by atoms with Crippen molar-refractivity contribution in [1.82, 2.24) is 10.6 Å². The number of hydrogen-bond acceptors (Lipinski definition) is 5. The third-order valence-corrected chi connectivity index (χ3v) is 3.72. The molecule has 116 valence electrons. The molecule has 6 heteroatoms. The summed E-state index contributed by atoms with van der Waals surface area (Å²) >= 11 is 0. The van der Waals surface area contributed by atoms with E-state index in [0.29, 0.717) is 0 Å². The first kappa shape index (κ1) is 16.9. The van der Waals surface area contributed by atoms with Crippen molar-refractivity contribution in [2.75, 3.05) is 26.8 Å². The molecule has 2 unspecified atom stereocenters. The number of piperidine rings is 1. The Kier molecular flexibility index (Phi) is 7.54. The van der Waals surface area contributed by atoms with Crippen molar-refractivity contribution in [2.24, 2.45) is 5.92 Å². The molecule has 1 saturated heterocycles. The fourth-order valence-electron chi connectivity index (χ4n) is 2.17. The van der Waals surface area contributed by atoms with Gasteiger partial charge in [0, 0.05) is 0 Å². The monoisotopic (exact) mass is 286 g/mol. The van der Waals surface area contributed by atoms with E-state index in [1.807, 2.05) is 13.8 Å². The largest absolute Gasteiger partial charge is 0.467 e. The number of methoxy groups -OCH3 is 1. The Morgan fingerprint density at radius 1 is 1.35 bits per heavy atom. The quantitative estimate of drug-likeness (QED) is 0.665. The van der Waals surface area contributed by atoms with E-state index in [2.05, 4.69) is 10.6 Å². The zero-order valence-electron chi connectivity index (χ0n) is 12.6. The van der Waals surface area contributed by atoms with Crippen LogP contribution in [-0.2, 0) is 19.1 Å². The van der Waals surface area contributed by atoms with Crippen molar-refractivity contribution in [1.29, 1.82) is 0 Å². The van der Waals surface area contributed by atoms with Gasteiger partial charge in [-0.05, 0) is 31.8 Å². The predicted octanol–water partition coefficient (Wildman–Crippen LogP) is 0.459. The summed E-state index contributed by atoms with van der Waals surface area (Å²) in [5.74, 6) is -0.640. The van der Waals surface area contributed by atoms with Gasteiger partial charge in [0.1, 0.15) is 12.6 Å².